The number of aliphatic hydroxyl groups is 2. The van der Waals surface area contributed by atoms with E-state index in [1.165, 1.54) is 10.8 Å². The number of hydrogen-bond donors (Lipinski definition) is 3. The van der Waals surface area contributed by atoms with Crippen LogP contribution in [-0.4, -0.2) is 43.0 Å². The highest BCUT2D eigenvalue weighted by Gasteiger charge is 2.53. The number of rotatable bonds is 4. The van der Waals surface area contributed by atoms with Gasteiger partial charge in [-0.15, -0.1) is 0 Å². The summed E-state index contributed by atoms with van der Waals surface area (Å²) in [7, 11) is 0. The largest absolute Gasteiger partial charge is 0.396 e. The van der Waals surface area contributed by atoms with Gasteiger partial charge in [0.15, 0.2) is 5.65 Å². The molecule has 1 aliphatic carbocycles. The summed E-state index contributed by atoms with van der Waals surface area (Å²) in [6, 6.07) is 0. The Morgan fingerprint density at radius 2 is 2.28 bits per heavy atom. The highest BCUT2D eigenvalue weighted by molar-refractivity contribution is 5.49. The predicted molar refractivity (Wildman–Crippen MR) is 63.6 cm³/mol. The lowest BCUT2D eigenvalue weighted by molar-refractivity contribution is 0.172. The third kappa shape index (κ3) is 1.55. The Kier molecular flexibility index (Phi) is 2.46. The molecule has 0 bridgehead atoms. The minimum Gasteiger partial charge on any atom is -0.396 e. The van der Waals surface area contributed by atoms with Crippen LogP contribution in [0.4, 0.5) is 5.95 Å². The van der Waals surface area contributed by atoms with E-state index >= 15 is 0 Å². The van der Waals surface area contributed by atoms with Crippen molar-refractivity contribution in [3.8, 4) is 0 Å². The molecule has 0 aromatic carbocycles. The fourth-order valence-corrected chi connectivity index (χ4v) is 2.54. The summed E-state index contributed by atoms with van der Waals surface area (Å²) < 4.78 is 1.48. The molecule has 1 fully saturated rings. The van der Waals surface area contributed by atoms with Gasteiger partial charge in [0.1, 0.15) is 6.33 Å². The number of anilines is 1. The van der Waals surface area contributed by atoms with E-state index in [1.54, 1.807) is 6.20 Å². The SMILES string of the molecule is Nc1ncnc2c(CC3(CO)CC3CO)cnn12. The highest BCUT2D eigenvalue weighted by Crippen LogP contribution is 2.54. The smallest absolute Gasteiger partial charge is 0.224 e. The molecule has 0 amide bonds. The molecule has 2 atom stereocenters. The first kappa shape index (κ1) is 11.4. The summed E-state index contributed by atoms with van der Waals surface area (Å²) in [6.45, 7) is 0.174. The molecule has 2 aromatic heterocycles. The van der Waals surface area contributed by atoms with E-state index in [-0.39, 0.29) is 24.5 Å². The van der Waals surface area contributed by atoms with Crippen molar-refractivity contribution in [1.82, 2.24) is 19.6 Å². The van der Waals surface area contributed by atoms with Crippen molar-refractivity contribution in [3.63, 3.8) is 0 Å². The summed E-state index contributed by atoms with van der Waals surface area (Å²) in [4.78, 5) is 8.03. The number of nitrogen functional groups attached to an aromatic ring is 1. The molecule has 18 heavy (non-hydrogen) atoms. The fraction of sp³-hybridized carbons (Fsp3) is 0.545. The molecule has 0 radical (unpaired) electrons. The van der Waals surface area contributed by atoms with E-state index < -0.39 is 0 Å². The number of nitrogens with two attached hydrogens (primary N) is 1. The van der Waals surface area contributed by atoms with Gasteiger partial charge in [-0.05, 0) is 18.8 Å². The van der Waals surface area contributed by atoms with Crippen LogP contribution in [0.1, 0.15) is 12.0 Å². The van der Waals surface area contributed by atoms with Gasteiger partial charge in [0, 0.05) is 24.2 Å². The second kappa shape index (κ2) is 3.89. The Hall–Kier alpha value is -1.73. The molecule has 2 aromatic rings. The van der Waals surface area contributed by atoms with Crippen molar-refractivity contribution in [1.29, 1.82) is 0 Å². The quantitative estimate of drug-likeness (QED) is 0.657. The Labute approximate surface area is 103 Å². The minimum absolute atomic E-state index is 0.0656. The Morgan fingerprint density at radius 1 is 1.44 bits per heavy atom. The van der Waals surface area contributed by atoms with Gasteiger partial charge in [0.2, 0.25) is 5.95 Å². The minimum atomic E-state index is -0.224. The number of aromatic nitrogens is 4. The molecular weight excluding hydrogens is 234 g/mol. The molecule has 7 heteroatoms. The zero-order chi connectivity index (χ0) is 12.8. The van der Waals surface area contributed by atoms with Crippen LogP contribution >= 0.6 is 0 Å². The van der Waals surface area contributed by atoms with Gasteiger partial charge in [-0.25, -0.2) is 9.97 Å². The van der Waals surface area contributed by atoms with Crippen molar-refractivity contribution in [2.75, 3.05) is 18.9 Å². The lowest BCUT2D eigenvalue weighted by Crippen LogP contribution is -2.15. The first-order valence-corrected chi connectivity index (χ1v) is 5.85. The van der Waals surface area contributed by atoms with Crippen molar-refractivity contribution < 1.29 is 10.2 Å². The van der Waals surface area contributed by atoms with Crippen LogP contribution in [-0.2, 0) is 6.42 Å². The maximum absolute atomic E-state index is 9.49. The standard InChI is InChI=1S/C11H15N5O2/c12-10-14-6-13-9-7(3-15-16(9)10)1-11(5-18)2-8(11)4-17/h3,6,8,17-18H,1-2,4-5H2,(H2,12,13,14). The fourth-order valence-electron chi connectivity index (χ4n) is 2.54. The summed E-state index contributed by atoms with van der Waals surface area (Å²) >= 11 is 0. The molecule has 0 saturated heterocycles. The molecule has 0 aliphatic heterocycles. The van der Waals surface area contributed by atoms with Crippen LogP contribution in [0.25, 0.3) is 5.65 Å². The number of fused-ring (bicyclic) bond motifs is 1. The maximum atomic E-state index is 9.49. The highest BCUT2D eigenvalue weighted by atomic mass is 16.3. The Morgan fingerprint density at radius 3 is 2.94 bits per heavy atom. The number of hydrogen-bond acceptors (Lipinski definition) is 6. The van der Waals surface area contributed by atoms with Gasteiger partial charge >= 0.3 is 0 Å². The zero-order valence-electron chi connectivity index (χ0n) is 9.82. The molecular formula is C11H15N5O2. The third-order valence-corrected chi connectivity index (χ3v) is 3.84. The van der Waals surface area contributed by atoms with Gasteiger partial charge in [-0.2, -0.15) is 9.61 Å². The normalized spacial score (nSPS) is 26.7. The molecule has 96 valence electrons. The molecule has 1 aliphatic rings. The molecule has 1 saturated carbocycles. The van der Waals surface area contributed by atoms with E-state index in [1.807, 2.05) is 0 Å². The van der Waals surface area contributed by atoms with E-state index in [2.05, 4.69) is 15.1 Å². The molecule has 7 nitrogen and oxygen atoms in total. The second-order valence-corrected chi connectivity index (χ2v) is 4.92. The second-order valence-electron chi connectivity index (χ2n) is 4.92. The lowest BCUT2D eigenvalue weighted by Gasteiger charge is -2.12. The van der Waals surface area contributed by atoms with E-state index in [4.69, 9.17) is 5.73 Å². The lowest BCUT2D eigenvalue weighted by atomic mass is 9.96. The molecule has 3 rings (SSSR count). The average molecular weight is 249 g/mol. The van der Waals surface area contributed by atoms with Gasteiger partial charge in [-0.3, -0.25) is 0 Å². The van der Waals surface area contributed by atoms with E-state index in [9.17, 15) is 10.2 Å². The summed E-state index contributed by atoms with van der Waals surface area (Å²) in [5.74, 6) is 0.454. The van der Waals surface area contributed by atoms with Gasteiger partial charge in [0.05, 0.1) is 6.20 Å². The molecule has 0 spiro atoms. The summed E-state index contributed by atoms with van der Waals surface area (Å²) in [5, 5.41) is 22.8. The third-order valence-electron chi connectivity index (χ3n) is 3.84. The molecule has 2 heterocycles. The van der Waals surface area contributed by atoms with Crippen LogP contribution in [0.15, 0.2) is 12.5 Å². The monoisotopic (exact) mass is 249 g/mol. The molecule has 4 N–H and O–H groups in total. The van der Waals surface area contributed by atoms with Crippen LogP contribution in [0.2, 0.25) is 0 Å². The summed E-state index contributed by atoms with van der Waals surface area (Å²) in [5.41, 5.74) is 7.06. The van der Waals surface area contributed by atoms with Crippen LogP contribution in [0.5, 0.6) is 0 Å². The van der Waals surface area contributed by atoms with Crippen LogP contribution < -0.4 is 5.73 Å². The van der Waals surface area contributed by atoms with Gasteiger partial charge in [-0.1, -0.05) is 0 Å². The first-order chi connectivity index (χ1) is 8.70. The van der Waals surface area contributed by atoms with Crippen LogP contribution in [0.3, 0.4) is 0 Å². The van der Waals surface area contributed by atoms with Gasteiger partial charge in [0.25, 0.3) is 0 Å². The van der Waals surface area contributed by atoms with Crippen molar-refractivity contribution in [2.45, 2.75) is 12.8 Å². The van der Waals surface area contributed by atoms with E-state index in [0.29, 0.717) is 18.0 Å². The number of nitrogens with zero attached hydrogens (tertiary/aromatic N) is 4. The molecule has 2 unspecified atom stereocenters. The topological polar surface area (TPSA) is 110 Å². The van der Waals surface area contributed by atoms with Gasteiger partial charge < -0.3 is 15.9 Å². The van der Waals surface area contributed by atoms with Crippen molar-refractivity contribution >= 4 is 11.6 Å². The van der Waals surface area contributed by atoms with Crippen molar-refractivity contribution in [3.05, 3.63) is 18.1 Å². The van der Waals surface area contributed by atoms with Crippen molar-refractivity contribution in [2.24, 2.45) is 11.3 Å². The zero-order valence-corrected chi connectivity index (χ0v) is 9.82. The Balaban J connectivity index is 1.94. The summed E-state index contributed by atoms with van der Waals surface area (Å²) in [6.07, 6.45) is 4.58. The van der Waals surface area contributed by atoms with E-state index in [0.717, 1.165) is 12.0 Å². The Bertz CT molecular complexity index is 584. The maximum Gasteiger partial charge on any atom is 0.224 e. The first-order valence-electron chi connectivity index (χ1n) is 5.85. The predicted octanol–water partition coefficient (Wildman–Crippen LogP) is -0.760. The van der Waals surface area contributed by atoms with Crippen LogP contribution in [0, 0.1) is 11.3 Å². The number of aliphatic hydroxyl groups excluding tert-OH is 2. The average Bonchev–Trinajstić information content (AvgIpc) is 2.94.